The van der Waals surface area contributed by atoms with Gasteiger partial charge in [-0.1, -0.05) is 25.1 Å². The fourth-order valence-corrected chi connectivity index (χ4v) is 2.63. The van der Waals surface area contributed by atoms with Crippen molar-refractivity contribution in [1.29, 1.82) is 0 Å². The number of ether oxygens (including phenoxy) is 1. The number of aryl methyl sites for hydroxylation is 2. The summed E-state index contributed by atoms with van der Waals surface area (Å²) in [5.74, 6) is 0.133. The van der Waals surface area contributed by atoms with Gasteiger partial charge in [0.25, 0.3) is 5.91 Å². The van der Waals surface area contributed by atoms with Crippen LogP contribution >= 0.6 is 0 Å². The Balaban J connectivity index is 1.80. The summed E-state index contributed by atoms with van der Waals surface area (Å²) in [5, 5.41) is 7.05. The number of nitrogens with zero attached hydrogens (tertiary/aromatic N) is 3. The van der Waals surface area contributed by atoms with Gasteiger partial charge in [0, 0.05) is 5.69 Å². The molecule has 0 aliphatic rings. The molecule has 1 N–H and O–H groups in total. The maximum absolute atomic E-state index is 12.5. The molecule has 140 valence electrons. The average Bonchev–Trinajstić information content (AvgIpc) is 3.04. The smallest absolute Gasteiger partial charge is 0.387 e. The standard InChI is InChI=1S/C19H18F2N4O2/c1-3-13-6-4-5-7-16(13)23-18(26)17-22-12(2)25(24-17)14-8-10-15(11-9-14)27-19(20)21/h4-11,19H,3H2,1-2H3,(H,23,26). The van der Waals surface area contributed by atoms with E-state index in [9.17, 15) is 13.6 Å². The first-order valence-electron chi connectivity index (χ1n) is 8.36. The number of carbonyl (C=O) groups is 1. The van der Waals surface area contributed by atoms with Crippen LogP contribution in [0.4, 0.5) is 14.5 Å². The van der Waals surface area contributed by atoms with Gasteiger partial charge in [0.2, 0.25) is 5.82 Å². The maximum atomic E-state index is 12.5. The number of carbonyl (C=O) groups excluding carboxylic acids is 1. The lowest BCUT2D eigenvalue weighted by Gasteiger charge is -2.08. The van der Waals surface area contributed by atoms with E-state index in [2.05, 4.69) is 20.1 Å². The van der Waals surface area contributed by atoms with Crippen molar-refractivity contribution in [2.24, 2.45) is 0 Å². The molecule has 0 saturated heterocycles. The second-order valence-corrected chi connectivity index (χ2v) is 5.73. The van der Waals surface area contributed by atoms with Crippen LogP contribution in [0, 0.1) is 6.92 Å². The highest BCUT2D eigenvalue weighted by atomic mass is 19.3. The second-order valence-electron chi connectivity index (χ2n) is 5.73. The Bertz CT molecular complexity index is 939. The molecule has 0 atom stereocenters. The molecule has 0 aliphatic carbocycles. The van der Waals surface area contributed by atoms with Crippen LogP contribution in [-0.2, 0) is 6.42 Å². The summed E-state index contributed by atoms with van der Waals surface area (Å²) in [6, 6.07) is 13.4. The summed E-state index contributed by atoms with van der Waals surface area (Å²) >= 11 is 0. The Morgan fingerprint density at radius 2 is 1.89 bits per heavy atom. The molecule has 2 aromatic carbocycles. The highest BCUT2D eigenvalue weighted by Gasteiger charge is 2.16. The van der Waals surface area contributed by atoms with Crippen molar-refractivity contribution in [1.82, 2.24) is 14.8 Å². The molecule has 0 unspecified atom stereocenters. The first-order chi connectivity index (χ1) is 13.0. The molecule has 27 heavy (non-hydrogen) atoms. The Morgan fingerprint density at radius 1 is 1.19 bits per heavy atom. The van der Waals surface area contributed by atoms with E-state index in [-0.39, 0.29) is 11.6 Å². The van der Waals surface area contributed by atoms with Gasteiger partial charge in [0.15, 0.2) is 0 Å². The zero-order chi connectivity index (χ0) is 19.4. The number of hydrogen-bond donors (Lipinski definition) is 1. The molecule has 8 heteroatoms. The zero-order valence-electron chi connectivity index (χ0n) is 14.8. The monoisotopic (exact) mass is 372 g/mol. The van der Waals surface area contributed by atoms with Gasteiger partial charge in [-0.3, -0.25) is 4.79 Å². The average molecular weight is 372 g/mol. The topological polar surface area (TPSA) is 69.0 Å². The zero-order valence-corrected chi connectivity index (χ0v) is 14.8. The Morgan fingerprint density at radius 3 is 2.56 bits per heavy atom. The van der Waals surface area contributed by atoms with E-state index >= 15 is 0 Å². The Kier molecular flexibility index (Phi) is 5.44. The largest absolute Gasteiger partial charge is 0.435 e. The number of aromatic nitrogens is 3. The molecular weight excluding hydrogens is 354 g/mol. The summed E-state index contributed by atoms with van der Waals surface area (Å²) in [4.78, 5) is 16.7. The minimum Gasteiger partial charge on any atom is -0.435 e. The first-order valence-corrected chi connectivity index (χ1v) is 8.36. The third kappa shape index (κ3) is 4.28. The van der Waals surface area contributed by atoms with Crippen molar-refractivity contribution in [3.05, 3.63) is 65.7 Å². The van der Waals surface area contributed by atoms with E-state index < -0.39 is 12.5 Å². The maximum Gasteiger partial charge on any atom is 0.387 e. The number of anilines is 1. The lowest BCUT2D eigenvalue weighted by molar-refractivity contribution is -0.0498. The van der Waals surface area contributed by atoms with Crippen LogP contribution in [0.3, 0.4) is 0 Å². The van der Waals surface area contributed by atoms with Crippen LogP contribution in [0.25, 0.3) is 5.69 Å². The quantitative estimate of drug-likeness (QED) is 0.710. The number of alkyl halides is 2. The van der Waals surface area contributed by atoms with Crippen LogP contribution in [0.1, 0.15) is 28.9 Å². The van der Waals surface area contributed by atoms with E-state index in [4.69, 9.17) is 0 Å². The molecule has 1 amide bonds. The third-order valence-corrected chi connectivity index (χ3v) is 3.92. The molecule has 0 bridgehead atoms. The van der Waals surface area contributed by atoms with Gasteiger partial charge < -0.3 is 10.1 Å². The number of hydrogen-bond acceptors (Lipinski definition) is 4. The number of nitrogens with one attached hydrogen (secondary N) is 1. The van der Waals surface area contributed by atoms with E-state index in [1.54, 1.807) is 19.1 Å². The number of para-hydroxylation sites is 1. The lowest BCUT2D eigenvalue weighted by Crippen LogP contribution is -2.15. The van der Waals surface area contributed by atoms with Gasteiger partial charge in [-0.25, -0.2) is 9.67 Å². The van der Waals surface area contributed by atoms with Gasteiger partial charge in [-0.05, 0) is 49.2 Å². The SMILES string of the molecule is CCc1ccccc1NC(=O)c1nc(C)n(-c2ccc(OC(F)F)cc2)n1. The van der Waals surface area contributed by atoms with Crippen LogP contribution in [-0.4, -0.2) is 27.3 Å². The van der Waals surface area contributed by atoms with Crippen molar-refractivity contribution in [3.8, 4) is 11.4 Å². The van der Waals surface area contributed by atoms with Crippen LogP contribution in [0.15, 0.2) is 48.5 Å². The number of rotatable bonds is 6. The molecule has 0 saturated carbocycles. The summed E-state index contributed by atoms with van der Waals surface area (Å²) in [6.45, 7) is 0.821. The van der Waals surface area contributed by atoms with Crippen molar-refractivity contribution in [3.63, 3.8) is 0 Å². The van der Waals surface area contributed by atoms with Crippen LogP contribution in [0.2, 0.25) is 0 Å². The van der Waals surface area contributed by atoms with Crippen LogP contribution < -0.4 is 10.1 Å². The van der Waals surface area contributed by atoms with Gasteiger partial charge in [0.05, 0.1) is 5.69 Å². The second kappa shape index (κ2) is 7.94. The van der Waals surface area contributed by atoms with Gasteiger partial charge >= 0.3 is 6.61 Å². The highest BCUT2D eigenvalue weighted by molar-refractivity contribution is 6.02. The van der Waals surface area contributed by atoms with Crippen LogP contribution in [0.5, 0.6) is 5.75 Å². The number of halogens is 2. The van der Waals surface area contributed by atoms with E-state index in [1.165, 1.54) is 16.8 Å². The Hall–Kier alpha value is -3.29. The van der Waals surface area contributed by atoms with Crippen molar-refractivity contribution < 1.29 is 18.3 Å². The molecule has 0 fully saturated rings. The van der Waals surface area contributed by atoms with Gasteiger partial charge in [-0.15, -0.1) is 5.10 Å². The summed E-state index contributed by atoms with van der Waals surface area (Å²) < 4.78 is 30.3. The van der Waals surface area contributed by atoms with Gasteiger partial charge in [0.1, 0.15) is 11.6 Å². The fraction of sp³-hybridized carbons (Fsp3) is 0.211. The van der Waals surface area contributed by atoms with Crippen molar-refractivity contribution in [2.75, 3.05) is 5.32 Å². The minimum atomic E-state index is -2.88. The normalized spacial score (nSPS) is 10.9. The first kappa shape index (κ1) is 18.5. The summed E-state index contributed by atoms with van der Waals surface area (Å²) in [7, 11) is 0. The summed E-state index contributed by atoms with van der Waals surface area (Å²) in [5.41, 5.74) is 2.30. The molecule has 3 rings (SSSR count). The third-order valence-electron chi connectivity index (χ3n) is 3.92. The molecule has 0 aliphatic heterocycles. The fourth-order valence-electron chi connectivity index (χ4n) is 2.63. The predicted octanol–water partition coefficient (Wildman–Crippen LogP) is 3.99. The van der Waals surface area contributed by atoms with Crippen molar-refractivity contribution in [2.45, 2.75) is 26.9 Å². The number of benzene rings is 2. The van der Waals surface area contributed by atoms with E-state index in [1.807, 2.05) is 31.2 Å². The molecule has 3 aromatic rings. The summed E-state index contributed by atoms with van der Waals surface area (Å²) in [6.07, 6.45) is 0.782. The minimum absolute atomic E-state index is 0.0197. The number of amides is 1. The molecule has 1 aromatic heterocycles. The lowest BCUT2D eigenvalue weighted by atomic mass is 10.1. The molecule has 1 heterocycles. The van der Waals surface area contributed by atoms with E-state index in [0.29, 0.717) is 17.2 Å². The van der Waals surface area contributed by atoms with E-state index in [0.717, 1.165) is 12.0 Å². The van der Waals surface area contributed by atoms with Crippen molar-refractivity contribution >= 4 is 11.6 Å². The molecule has 0 spiro atoms. The molecule has 0 radical (unpaired) electrons. The Labute approximate surface area is 154 Å². The molecular formula is C19H18F2N4O2. The highest BCUT2D eigenvalue weighted by Crippen LogP contribution is 2.19. The predicted molar refractivity (Wildman–Crippen MR) is 96.5 cm³/mol. The molecule has 6 nitrogen and oxygen atoms in total. The van der Waals surface area contributed by atoms with Gasteiger partial charge in [-0.2, -0.15) is 8.78 Å².